The molecule has 0 spiro atoms. The molecule has 0 aliphatic carbocycles. The van der Waals surface area contributed by atoms with Crippen molar-refractivity contribution < 1.29 is 143 Å². The van der Waals surface area contributed by atoms with Gasteiger partial charge in [0.05, 0.1) is 39.6 Å². The van der Waals surface area contributed by atoms with Crippen molar-refractivity contribution in [1.29, 1.82) is 0 Å². The van der Waals surface area contributed by atoms with Crippen LogP contribution in [0.5, 0.6) is 46.0 Å². The molecule has 130 heavy (non-hydrogen) atoms. The second-order valence-corrected chi connectivity index (χ2v) is 25.8. The van der Waals surface area contributed by atoms with Gasteiger partial charge in [0.25, 0.3) is 0 Å². The molecule has 4 aromatic rings. The number of carbonyl (C=O) groups is 9. The lowest BCUT2D eigenvalue weighted by Crippen LogP contribution is -2.30. The standard InChI is InChI=1S/C26H34N2O8.C23H24N2O8.C23H28N2O8.C20H22N2O6/c1-19(2)26(30)36-21(4)18-32-11-5-10-31-17-20(3)35-25(29)7-6-22-14-23(33-12-8-27)16-24(15-22)34-13-9-28;1-4-21(26)31-14-20(15-32-23(28)16(2)3)33-22(27)6-5-17-11-18(29-9-7-24)13-19(12-17)30-10-8-25;1-2-22(26)32-14-12-28-8-3-9-29-13-15-33-23(27)5-4-19-16-20(30-10-6-24)18-21(17-19)31-11-7-25;1-15(2)20(24)28-9-3-8-27-19(23)5-4-16-12-17(25-10-6-21)14-18(13-16)26-11-7-22/h14-16,20-21H,1,5-7,10-11,17-18,27-28H2,2-4H3;4,11-13,20H,1-2,5-6,14-15,24-25H2,3H3;2,16-18H,1,3-5,8-9,12-15,24-25H2;12-14H,1,3-5,8-9,21-22H2,2H3. The molecule has 0 saturated carbocycles. The Morgan fingerprint density at radius 3 is 0.900 bits per heavy atom. The normalized spacial score (nSPS) is 10.1. The van der Waals surface area contributed by atoms with Crippen molar-refractivity contribution in [2.75, 3.05) is 92.5 Å². The summed E-state index contributed by atoms with van der Waals surface area (Å²) < 4.78 is 109. The van der Waals surface area contributed by atoms with Crippen molar-refractivity contribution in [3.05, 3.63) is 157 Å². The summed E-state index contributed by atoms with van der Waals surface area (Å²) in [5.41, 5.74) is 44.5. The van der Waals surface area contributed by atoms with Crippen LogP contribution in [0.15, 0.2) is 135 Å². The highest BCUT2D eigenvalue weighted by molar-refractivity contribution is 5.88. The van der Waals surface area contributed by atoms with Gasteiger partial charge in [-0.3, -0.25) is 19.2 Å². The van der Waals surface area contributed by atoms with Crippen LogP contribution in [0.1, 0.15) is 102 Å². The van der Waals surface area contributed by atoms with E-state index in [4.69, 9.17) is 145 Å². The number of benzene rings is 4. The number of hydrogen-bond donors (Lipinski definition) is 8. The van der Waals surface area contributed by atoms with E-state index < -0.39 is 48.0 Å². The number of aryl methyl sites for hydroxylation is 4. The van der Waals surface area contributed by atoms with Gasteiger partial charge < -0.3 is 145 Å². The summed E-state index contributed by atoms with van der Waals surface area (Å²) in [5, 5.41) is 0. The first kappa shape index (κ1) is 112. The largest absolute Gasteiger partial charge is 0.466 e. The van der Waals surface area contributed by atoms with Crippen molar-refractivity contribution >= 4 is 53.7 Å². The molecule has 0 bridgehead atoms. The van der Waals surface area contributed by atoms with Crippen molar-refractivity contribution in [1.82, 2.24) is 0 Å². The predicted octanol–water partition coefficient (Wildman–Crippen LogP) is 4.90. The molecule has 3 atom stereocenters. The fourth-order valence-corrected chi connectivity index (χ4v) is 9.17. The summed E-state index contributed by atoms with van der Waals surface area (Å²) in [6.45, 7) is 28.1. The molecule has 0 saturated heterocycles. The number of hydrogen-bond acceptors (Lipinski definition) is 38. The average Bonchev–Trinajstić information content (AvgIpc) is 0.881. The lowest BCUT2D eigenvalue weighted by Gasteiger charge is -2.18. The minimum Gasteiger partial charge on any atom is -0.466 e. The molecular weight excluding hydrogens is 1700 g/mol. The maximum atomic E-state index is 12.4. The van der Waals surface area contributed by atoms with E-state index in [9.17, 15) is 43.2 Å². The quantitative estimate of drug-likeness (QED) is 0.00728. The summed E-state index contributed by atoms with van der Waals surface area (Å²) in [5.74, 6) is -1.56. The molecule has 696 valence electrons. The third-order valence-corrected chi connectivity index (χ3v) is 14.8. The van der Waals surface area contributed by atoms with E-state index in [-0.39, 0.29) is 121 Å². The minimum absolute atomic E-state index is 0.0611. The number of esters is 9. The molecule has 0 fully saturated rings. The average molecular weight is 1810 g/mol. The Kier molecular flexibility index (Phi) is 61.3. The first-order chi connectivity index (χ1) is 62.6. The van der Waals surface area contributed by atoms with Crippen LogP contribution in [0.25, 0.3) is 0 Å². The third kappa shape index (κ3) is 58.1. The van der Waals surface area contributed by atoms with Gasteiger partial charge in [0.1, 0.15) is 133 Å². The van der Waals surface area contributed by atoms with Crippen LogP contribution in [0.4, 0.5) is 0 Å². The molecule has 0 aliphatic rings. The van der Waals surface area contributed by atoms with Crippen LogP contribution in [-0.4, -0.2) is 165 Å². The Morgan fingerprint density at radius 2 is 0.569 bits per heavy atom. The van der Waals surface area contributed by atoms with E-state index in [2.05, 4.69) is 130 Å². The molecule has 38 heteroatoms. The minimum atomic E-state index is -1.02. The Hall–Kier alpha value is -16.1. The lowest BCUT2D eigenvalue weighted by atomic mass is 10.1. The predicted molar refractivity (Wildman–Crippen MR) is 468 cm³/mol. The number of nitrogens with two attached hydrogens (primary N) is 8. The summed E-state index contributed by atoms with van der Waals surface area (Å²) >= 11 is 0. The van der Waals surface area contributed by atoms with Gasteiger partial charge in [0, 0.05) is 160 Å². The second-order valence-electron chi connectivity index (χ2n) is 25.8. The fourth-order valence-electron chi connectivity index (χ4n) is 9.17. The molecule has 16 N–H and O–H groups in total. The number of rotatable bonds is 54. The van der Waals surface area contributed by atoms with Gasteiger partial charge in [0.2, 0.25) is 0 Å². The molecule has 0 amide bonds. The maximum Gasteiger partial charge on any atom is 0.333 e. The monoisotopic (exact) mass is 1800 g/mol. The molecule has 0 aliphatic heterocycles. The van der Waals surface area contributed by atoms with Crippen molar-refractivity contribution in [3.8, 4) is 143 Å². The highest BCUT2D eigenvalue weighted by Gasteiger charge is 2.21. The lowest BCUT2D eigenvalue weighted by molar-refractivity contribution is -0.164. The molecule has 4 rings (SSSR count). The van der Waals surface area contributed by atoms with Gasteiger partial charge in [-0.25, -0.2) is 24.0 Å². The first-order valence-electron chi connectivity index (χ1n) is 39.2. The van der Waals surface area contributed by atoms with Crippen molar-refractivity contribution in [2.45, 2.75) is 124 Å². The molecule has 0 heterocycles. The van der Waals surface area contributed by atoms with Crippen LogP contribution in [0.3, 0.4) is 0 Å². The Labute approximate surface area is 755 Å². The fraction of sp³-hybridized carbons (Fsp3) is 0.359. The highest BCUT2D eigenvalue weighted by Crippen LogP contribution is 2.28. The summed E-state index contributed by atoms with van der Waals surface area (Å²) in [6.07, 6.45) is 21.9. The maximum absolute atomic E-state index is 12.4. The van der Waals surface area contributed by atoms with E-state index in [0.717, 1.165) is 28.8 Å². The van der Waals surface area contributed by atoms with E-state index in [1.165, 1.54) is 13.0 Å². The van der Waals surface area contributed by atoms with Crippen LogP contribution in [-0.2, 0) is 130 Å². The number of carbonyl (C=O) groups excluding carboxylic acids is 9. The molecule has 0 radical (unpaired) electrons. The highest BCUT2D eigenvalue weighted by atomic mass is 16.6. The zero-order valence-electron chi connectivity index (χ0n) is 72.9. The van der Waals surface area contributed by atoms with Gasteiger partial charge in [-0.1, -0.05) is 32.9 Å². The van der Waals surface area contributed by atoms with Gasteiger partial charge in [-0.2, -0.15) is 0 Å². The van der Waals surface area contributed by atoms with E-state index in [1.807, 2.05) is 0 Å². The van der Waals surface area contributed by atoms with Crippen LogP contribution >= 0.6 is 0 Å². The Balaban J connectivity index is 0.000000870. The zero-order chi connectivity index (χ0) is 96.3. The Morgan fingerprint density at radius 1 is 0.300 bits per heavy atom. The smallest absolute Gasteiger partial charge is 0.333 e. The second kappa shape index (κ2) is 71.2. The molecular formula is C92H108N8O30. The van der Waals surface area contributed by atoms with Crippen molar-refractivity contribution in [2.24, 2.45) is 45.9 Å². The summed E-state index contributed by atoms with van der Waals surface area (Å²) in [4.78, 5) is 105. The molecule has 38 nitrogen and oxygen atoms in total. The van der Waals surface area contributed by atoms with Gasteiger partial charge in [0.15, 0.2) is 6.10 Å². The van der Waals surface area contributed by atoms with E-state index in [1.54, 1.807) is 94.4 Å². The van der Waals surface area contributed by atoms with Crippen molar-refractivity contribution in [3.63, 3.8) is 0 Å². The SMILES string of the molecule is C=C(C)C(=O)OC(C)COCCCOCC(C)OC(=O)CCc1cc(OC#CN)cc(OC#CN)c1.C=C(C)C(=O)OCCCOC(=O)CCc1cc(OC#CN)cc(OC#CN)c1.C=CC(=O)OCC(COC(=O)C(=C)C)OC(=O)CCc1cc(OC#CN)cc(OC#CN)c1.C=CC(=O)OCCOCCCOCCOC(=O)CCc1cc(OC#CN)cc(OC#CN)c1. The number of ether oxygens (including phenoxy) is 21. The van der Waals surface area contributed by atoms with Crippen LogP contribution < -0.4 is 83.8 Å². The molecule has 4 aromatic carbocycles. The third-order valence-electron chi connectivity index (χ3n) is 14.8. The van der Waals surface area contributed by atoms with Gasteiger partial charge in [-0.15, -0.1) is 0 Å². The summed E-state index contributed by atoms with van der Waals surface area (Å²) in [7, 11) is 0. The molecule has 0 aromatic heterocycles. The van der Waals surface area contributed by atoms with E-state index in [0.29, 0.717) is 134 Å². The zero-order valence-corrected chi connectivity index (χ0v) is 72.9. The van der Waals surface area contributed by atoms with Gasteiger partial charge >= 0.3 is 53.7 Å². The van der Waals surface area contributed by atoms with Crippen LogP contribution in [0, 0.1) is 97.2 Å². The van der Waals surface area contributed by atoms with E-state index >= 15 is 0 Å². The topological polar surface area (TPSA) is 556 Å². The van der Waals surface area contributed by atoms with Gasteiger partial charge in [-0.05, 0) is 144 Å². The Bertz CT molecular complexity index is 4760. The van der Waals surface area contributed by atoms with Crippen LogP contribution in [0.2, 0.25) is 0 Å². The molecule has 3 unspecified atom stereocenters. The summed E-state index contributed by atoms with van der Waals surface area (Å²) in [6, 6.07) is 36.7. The first-order valence-corrected chi connectivity index (χ1v) is 39.2.